The molecule has 1 amide bonds. The zero-order valence-electron chi connectivity index (χ0n) is 11.6. The second kappa shape index (κ2) is 6.14. The summed E-state index contributed by atoms with van der Waals surface area (Å²) in [7, 11) is 3.18. The lowest BCUT2D eigenvalue weighted by molar-refractivity contribution is -0.132. The fourth-order valence-electron chi connectivity index (χ4n) is 1.97. The number of rotatable bonds is 5. The standard InChI is InChI=1S/C13H15BrClNO4S/c1-8-5-9(14)6-11(21(15,18)19)13(8)20-7-12(17)16(2)10-3-4-10/h5-6,10H,3-4,7H2,1-2H3. The predicted molar refractivity (Wildman–Crippen MR) is 83.2 cm³/mol. The van der Waals surface area contributed by atoms with Gasteiger partial charge in [0.2, 0.25) is 0 Å². The Morgan fingerprint density at radius 1 is 1.48 bits per heavy atom. The van der Waals surface area contributed by atoms with E-state index in [4.69, 9.17) is 15.4 Å². The Bertz CT molecular complexity index is 673. The fraction of sp³-hybridized carbons (Fsp3) is 0.462. The summed E-state index contributed by atoms with van der Waals surface area (Å²) in [5, 5.41) is 0. The van der Waals surface area contributed by atoms with Gasteiger partial charge in [-0.2, -0.15) is 0 Å². The highest BCUT2D eigenvalue weighted by molar-refractivity contribution is 9.10. The van der Waals surface area contributed by atoms with E-state index in [1.165, 1.54) is 6.07 Å². The van der Waals surface area contributed by atoms with Crippen LogP contribution in [0.25, 0.3) is 0 Å². The number of hydrogen-bond acceptors (Lipinski definition) is 4. The number of hydrogen-bond donors (Lipinski definition) is 0. The lowest BCUT2D eigenvalue weighted by Crippen LogP contribution is -2.33. The molecule has 8 heteroatoms. The van der Waals surface area contributed by atoms with Crippen molar-refractivity contribution in [3.63, 3.8) is 0 Å². The average molecular weight is 397 g/mol. The number of halogens is 2. The first kappa shape index (κ1) is 16.6. The number of amides is 1. The molecule has 0 N–H and O–H groups in total. The van der Waals surface area contributed by atoms with Crippen LogP contribution in [-0.4, -0.2) is 38.9 Å². The molecule has 116 valence electrons. The minimum absolute atomic E-state index is 0.116. The third-order valence-electron chi connectivity index (χ3n) is 3.30. The van der Waals surface area contributed by atoms with Crippen molar-refractivity contribution >= 4 is 41.6 Å². The molecule has 0 aliphatic heterocycles. The third kappa shape index (κ3) is 4.11. The van der Waals surface area contributed by atoms with Crippen molar-refractivity contribution in [2.24, 2.45) is 0 Å². The number of likely N-dealkylation sites (N-methyl/N-ethyl adjacent to an activating group) is 1. The van der Waals surface area contributed by atoms with Crippen molar-refractivity contribution in [3.05, 3.63) is 22.2 Å². The molecule has 5 nitrogen and oxygen atoms in total. The van der Waals surface area contributed by atoms with Gasteiger partial charge in [-0.15, -0.1) is 0 Å². The van der Waals surface area contributed by atoms with Crippen LogP contribution in [0.2, 0.25) is 0 Å². The molecule has 0 heterocycles. The molecular weight excluding hydrogens is 382 g/mol. The Hall–Kier alpha value is -0.790. The number of ether oxygens (including phenoxy) is 1. The zero-order valence-corrected chi connectivity index (χ0v) is 14.8. The molecule has 0 atom stereocenters. The number of benzene rings is 1. The highest BCUT2D eigenvalue weighted by atomic mass is 79.9. The second-order valence-corrected chi connectivity index (χ2v) is 8.46. The summed E-state index contributed by atoms with van der Waals surface area (Å²) in [6.45, 7) is 1.48. The lowest BCUT2D eigenvalue weighted by atomic mass is 10.2. The van der Waals surface area contributed by atoms with Crippen molar-refractivity contribution in [3.8, 4) is 5.75 Å². The maximum atomic E-state index is 11.9. The van der Waals surface area contributed by atoms with Gasteiger partial charge < -0.3 is 9.64 Å². The fourth-order valence-corrected chi connectivity index (χ4v) is 3.74. The van der Waals surface area contributed by atoms with E-state index in [1.807, 2.05) is 0 Å². The molecule has 1 aliphatic rings. The smallest absolute Gasteiger partial charge is 0.265 e. The lowest BCUT2D eigenvalue weighted by Gasteiger charge is -2.18. The molecule has 1 saturated carbocycles. The second-order valence-electron chi connectivity index (χ2n) is 5.01. The first-order valence-corrected chi connectivity index (χ1v) is 9.43. The molecule has 2 rings (SSSR count). The number of nitrogens with zero attached hydrogens (tertiary/aromatic N) is 1. The average Bonchev–Trinajstić information content (AvgIpc) is 3.18. The van der Waals surface area contributed by atoms with Gasteiger partial charge in [-0.3, -0.25) is 4.79 Å². The SMILES string of the molecule is Cc1cc(Br)cc(S(=O)(=O)Cl)c1OCC(=O)N(C)C1CC1. The molecule has 21 heavy (non-hydrogen) atoms. The molecule has 0 unspecified atom stereocenters. The van der Waals surface area contributed by atoms with Crippen molar-refractivity contribution in [1.82, 2.24) is 4.90 Å². The molecule has 0 bridgehead atoms. The summed E-state index contributed by atoms with van der Waals surface area (Å²) in [5.74, 6) is -0.0662. The van der Waals surface area contributed by atoms with Crippen LogP contribution in [0.1, 0.15) is 18.4 Å². The molecule has 0 spiro atoms. The van der Waals surface area contributed by atoms with E-state index in [1.54, 1.807) is 24.9 Å². The van der Waals surface area contributed by atoms with E-state index in [0.29, 0.717) is 10.0 Å². The Kier molecular flexibility index (Phi) is 4.85. The molecule has 0 radical (unpaired) electrons. The van der Waals surface area contributed by atoms with Crippen LogP contribution >= 0.6 is 26.6 Å². The highest BCUT2D eigenvalue weighted by Gasteiger charge is 2.30. The van der Waals surface area contributed by atoms with Gasteiger partial charge in [0.1, 0.15) is 10.6 Å². The van der Waals surface area contributed by atoms with Crippen molar-refractivity contribution in [2.75, 3.05) is 13.7 Å². The monoisotopic (exact) mass is 395 g/mol. The molecular formula is C13H15BrClNO4S. The summed E-state index contributed by atoms with van der Waals surface area (Å²) < 4.78 is 29.3. The molecule has 1 aromatic rings. The summed E-state index contributed by atoms with van der Waals surface area (Å²) in [6.07, 6.45) is 2.00. The van der Waals surface area contributed by atoms with Gasteiger partial charge in [0.15, 0.2) is 6.61 Å². The summed E-state index contributed by atoms with van der Waals surface area (Å²) >= 11 is 3.22. The first-order valence-electron chi connectivity index (χ1n) is 6.33. The van der Waals surface area contributed by atoms with E-state index in [2.05, 4.69) is 15.9 Å². The summed E-state index contributed by atoms with van der Waals surface area (Å²) in [5.41, 5.74) is 0.588. The number of carbonyl (C=O) groups is 1. The Labute approximate surface area is 136 Å². The topological polar surface area (TPSA) is 63.7 Å². The number of carbonyl (C=O) groups excluding carboxylic acids is 1. The van der Waals surface area contributed by atoms with E-state index < -0.39 is 9.05 Å². The molecule has 1 aromatic carbocycles. The largest absolute Gasteiger partial charge is 0.482 e. The minimum Gasteiger partial charge on any atom is -0.482 e. The van der Waals surface area contributed by atoms with Crippen LogP contribution < -0.4 is 4.74 Å². The van der Waals surface area contributed by atoms with Crippen LogP contribution in [0.3, 0.4) is 0 Å². The van der Waals surface area contributed by atoms with Gasteiger partial charge in [-0.25, -0.2) is 8.42 Å². The Morgan fingerprint density at radius 3 is 2.62 bits per heavy atom. The molecule has 0 aromatic heterocycles. The van der Waals surface area contributed by atoms with Crippen LogP contribution in [0.5, 0.6) is 5.75 Å². The minimum atomic E-state index is -3.96. The molecule has 0 saturated heterocycles. The molecule has 1 aliphatic carbocycles. The van der Waals surface area contributed by atoms with Crippen LogP contribution in [0.4, 0.5) is 0 Å². The Balaban J connectivity index is 2.21. The van der Waals surface area contributed by atoms with Crippen molar-refractivity contribution in [2.45, 2.75) is 30.7 Å². The van der Waals surface area contributed by atoms with Gasteiger partial charge in [0, 0.05) is 28.2 Å². The van der Waals surface area contributed by atoms with Gasteiger partial charge in [-0.1, -0.05) is 15.9 Å². The first-order chi connectivity index (χ1) is 9.70. The zero-order chi connectivity index (χ0) is 15.8. The van der Waals surface area contributed by atoms with Gasteiger partial charge in [0.05, 0.1) is 0 Å². The van der Waals surface area contributed by atoms with Gasteiger partial charge in [0.25, 0.3) is 15.0 Å². The third-order valence-corrected chi connectivity index (χ3v) is 5.08. The molecule has 1 fully saturated rings. The summed E-state index contributed by atoms with van der Waals surface area (Å²) in [6, 6.07) is 3.35. The summed E-state index contributed by atoms with van der Waals surface area (Å²) in [4.78, 5) is 13.4. The van der Waals surface area contributed by atoms with E-state index in [0.717, 1.165) is 12.8 Å². The highest BCUT2D eigenvalue weighted by Crippen LogP contribution is 2.34. The van der Waals surface area contributed by atoms with Crippen LogP contribution in [0, 0.1) is 6.92 Å². The van der Waals surface area contributed by atoms with Crippen LogP contribution in [-0.2, 0) is 13.8 Å². The van der Waals surface area contributed by atoms with E-state index in [-0.39, 0.29) is 29.2 Å². The predicted octanol–water partition coefficient (Wildman–Crippen LogP) is 2.68. The maximum absolute atomic E-state index is 11.9. The van der Waals surface area contributed by atoms with E-state index >= 15 is 0 Å². The van der Waals surface area contributed by atoms with Gasteiger partial charge >= 0.3 is 0 Å². The van der Waals surface area contributed by atoms with Crippen molar-refractivity contribution < 1.29 is 17.9 Å². The number of aryl methyl sites for hydroxylation is 1. The van der Waals surface area contributed by atoms with Crippen molar-refractivity contribution in [1.29, 1.82) is 0 Å². The normalized spacial score (nSPS) is 14.9. The van der Waals surface area contributed by atoms with Gasteiger partial charge in [-0.05, 0) is 37.5 Å². The Morgan fingerprint density at radius 2 is 2.10 bits per heavy atom. The maximum Gasteiger partial charge on any atom is 0.265 e. The quantitative estimate of drug-likeness (QED) is 0.718. The van der Waals surface area contributed by atoms with Crippen LogP contribution in [0.15, 0.2) is 21.5 Å². The van der Waals surface area contributed by atoms with E-state index in [9.17, 15) is 13.2 Å².